The van der Waals surface area contributed by atoms with Gasteiger partial charge in [0.25, 0.3) is 0 Å². The van der Waals surface area contributed by atoms with Crippen molar-refractivity contribution in [2.24, 2.45) is 0 Å². The first kappa shape index (κ1) is 13.6. The first-order chi connectivity index (χ1) is 9.45. The Balaban J connectivity index is 1.81. The van der Waals surface area contributed by atoms with Gasteiger partial charge in [0, 0.05) is 25.8 Å². The molecule has 20 heavy (non-hydrogen) atoms. The Morgan fingerprint density at radius 1 is 1.35 bits per heavy atom. The van der Waals surface area contributed by atoms with Crippen LogP contribution in [0.25, 0.3) is 0 Å². The Kier molecular flexibility index (Phi) is 3.29. The van der Waals surface area contributed by atoms with Crippen molar-refractivity contribution < 1.29 is 17.9 Å². The number of nitrogens with zero attached hydrogens (tertiary/aromatic N) is 4. The first-order valence-electron chi connectivity index (χ1n) is 6.42. The van der Waals surface area contributed by atoms with Crippen LogP contribution in [0, 0.1) is 0 Å². The molecule has 0 spiro atoms. The fourth-order valence-corrected chi connectivity index (χ4v) is 2.68. The van der Waals surface area contributed by atoms with E-state index in [9.17, 15) is 13.2 Å². The van der Waals surface area contributed by atoms with Gasteiger partial charge in [0.15, 0.2) is 0 Å². The van der Waals surface area contributed by atoms with Gasteiger partial charge in [-0.25, -0.2) is 9.97 Å². The fraction of sp³-hybridized carbons (Fsp3) is 0.667. The molecule has 0 bridgehead atoms. The lowest BCUT2D eigenvalue weighted by molar-refractivity contribution is -0.141. The summed E-state index contributed by atoms with van der Waals surface area (Å²) in [5, 5.41) is 0. The van der Waals surface area contributed by atoms with Gasteiger partial charge in [-0.15, -0.1) is 0 Å². The van der Waals surface area contributed by atoms with Gasteiger partial charge in [0.2, 0.25) is 5.95 Å². The lowest BCUT2D eigenvalue weighted by Crippen LogP contribution is -2.48. The first-order valence-corrected chi connectivity index (χ1v) is 6.42. The highest BCUT2D eigenvalue weighted by Gasteiger charge is 2.40. The van der Waals surface area contributed by atoms with E-state index in [4.69, 9.17) is 4.74 Å². The molecule has 1 aromatic heterocycles. The molecular formula is C12H15F3N4O. The lowest BCUT2D eigenvalue weighted by Gasteiger charge is -2.33. The summed E-state index contributed by atoms with van der Waals surface area (Å²) < 4.78 is 43.7. The van der Waals surface area contributed by atoms with Gasteiger partial charge in [-0.1, -0.05) is 0 Å². The van der Waals surface area contributed by atoms with E-state index in [1.165, 1.54) is 0 Å². The highest BCUT2D eigenvalue weighted by Crippen LogP contribution is 2.30. The van der Waals surface area contributed by atoms with E-state index in [0.717, 1.165) is 18.8 Å². The molecular weight excluding hydrogens is 273 g/mol. The summed E-state index contributed by atoms with van der Waals surface area (Å²) in [5.41, 5.74) is -0.911. The fourth-order valence-electron chi connectivity index (χ4n) is 2.68. The average Bonchev–Trinajstić information content (AvgIpc) is 2.83. The number of anilines is 1. The zero-order valence-corrected chi connectivity index (χ0v) is 11.0. The third-order valence-electron chi connectivity index (χ3n) is 3.80. The number of ether oxygens (including phenoxy) is 1. The zero-order chi connectivity index (χ0) is 14.3. The van der Waals surface area contributed by atoms with Crippen molar-refractivity contribution >= 4 is 5.95 Å². The number of likely N-dealkylation sites (N-methyl/N-ethyl adjacent to an activating group) is 1. The predicted molar refractivity (Wildman–Crippen MR) is 65.4 cm³/mol. The molecule has 2 saturated heterocycles. The smallest absolute Gasteiger partial charge is 0.373 e. The molecule has 0 radical (unpaired) electrons. The molecule has 3 rings (SSSR count). The van der Waals surface area contributed by atoms with E-state index in [2.05, 4.69) is 14.9 Å². The van der Waals surface area contributed by atoms with E-state index in [1.807, 2.05) is 7.05 Å². The second kappa shape index (κ2) is 4.85. The van der Waals surface area contributed by atoms with Gasteiger partial charge in [-0.2, -0.15) is 13.2 Å². The number of hydrogen-bond donors (Lipinski definition) is 0. The number of aromatic nitrogens is 2. The largest absolute Gasteiger partial charge is 0.433 e. The number of halogens is 3. The van der Waals surface area contributed by atoms with Crippen LogP contribution in [0.5, 0.6) is 0 Å². The molecule has 0 aliphatic carbocycles. The van der Waals surface area contributed by atoms with Crippen molar-refractivity contribution in [2.45, 2.75) is 18.3 Å². The molecule has 2 atom stereocenters. The summed E-state index contributed by atoms with van der Waals surface area (Å²) in [6.07, 6.45) is -3.29. The van der Waals surface area contributed by atoms with Crippen LogP contribution in [0.15, 0.2) is 12.3 Å². The topological polar surface area (TPSA) is 41.5 Å². The summed E-state index contributed by atoms with van der Waals surface area (Å²) in [6.45, 7) is 2.59. The van der Waals surface area contributed by atoms with Gasteiger partial charge >= 0.3 is 6.18 Å². The molecule has 8 heteroatoms. The molecule has 3 heterocycles. The van der Waals surface area contributed by atoms with Crippen molar-refractivity contribution in [3.63, 3.8) is 0 Å². The van der Waals surface area contributed by atoms with Crippen LogP contribution < -0.4 is 4.90 Å². The number of hydrogen-bond acceptors (Lipinski definition) is 5. The second-order valence-corrected chi connectivity index (χ2v) is 5.10. The van der Waals surface area contributed by atoms with Crippen molar-refractivity contribution in [3.05, 3.63) is 18.0 Å². The maximum absolute atomic E-state index is 12.7. The number of rotatable bonds is 1. The predicted octanol–water partition coefficient (Wildman–Crippen LogP) is 1.01. The molecule has 0 N–H and O–H groups in total. The van der Waals surface area contributed by atoms with Gasteiger partial charge in [0.05, 0.1) is 18.8 Å². The Hall–Kier alpha value is -1.41. The van der Waals surface area contributed by atoms with Crippen molar-refractivity contribution in [1.82, 2.24) is 14.9 Å². The Labute approximate surface area is 114 Å². The minimum absolute atomic E-state index is 0.00638. The summed E-state index contributed by atoms with van der Waals surface area (Å²) in [4.78, 5) is 11.5. The van der Waals surface area contributed by atoms with Crippen LogP contribution in [-0.2, 0) is 10.9 Å². The van der Waals surface area contributed by atoms with Crippen LogP contribution in [0.2, 0.25) is 0 Å². The highest BCUT2D eigenvalue weighted by molar-refractivity contribution is 5.34. The lowest BCUT2D eigenvalue weighted by atomic mass is 10.1. The van der Waals surface area contributed by atoms with Crippen molar-refractivity contribution in [2.75, 3.05) is 38.2 Å². The Morgan fingerprint density at radius 2 is 2.15 bits per heavy atom. The quantitative estimate of drug-likeness (QED) is 0.771. The molecule has 2 unspecified atom stereocenters. The third kappa shape index (κ3) is 2.45. The molecule has 2 aliphatic rings. The summed E-state index contributed by atoms with van der Waals surface area (Å²) >= 11 is 0. The standard InChI is InChI=1S/C12H15F3N4O/c1-18-4-5-20-9-7-19(6-8(9)18)11-16-3-2-10(17-11)12(13,14)15/h2-3,8-9H,4-7H2,1H3. The van der Waals surface area contributed by atoms with Crippen LogP contribution in [0.3, 0.4) is 0 Å². The van der Waals surface area contributed by atoms with Gasteiger partial charge in [-0.05, 0) is 13.1 Å². The van der Waals surface area contributed by atoms with Crippen molar-refractivity contribution in [3.8, 4) is 0 Å². The molecule has 2 fully saturated rings. The monoisotopic (exact) mass is 288 g/mol. The van der Waals surface area contributed by atoms with Crippen molar-refractivity contribution in [1.29, 1.82) is 0 Å². The molecule has 5 nitrogen and oxygen atoms in total. The minimum Gasteiger partial charge on any atom is -0.373 e. The van der Waals surface area contributed by atoms with E-state index >= 15 is 0 Å². The molecule has 0 amide bonds. The van der Waals surface area contributed by atoms with Gasteiger partial charge in [-0.3, -0.25) is 4.90 Å². The van der Waals surface area contributed by atoms with Gasteiger partial charge in [0.1, 0.15) is 5.69 Å². The van der Waals surface area contributed by atoms with E-state index in [-0.39, 0.29) is 18.1 Å². The number of alkyl halides is 3. The van der Waals surface area contributed by atoms with Crippen LogP contribution in [0.1, 0.15) is 5.69 Å². The van der Waals surface area contributed by atoms with Crippen LogP contribution in [-0.4, -0.2) is 60.3 Å². The zero-order valence-electron chi connectivity index (χ0n) is 11.0. The van der Waals surface area contributed by atoms with E-state index in [0.29, 0.717) is 19.7 Å². The molecule has 0 saturated carbocycles. The maximum Gasteiger partial charge on any atom is 0.433 e. The third-order valence-corrected chi connectivity index (χ3v) is 3.80. The van der Waals surface area contributed by atoms with Crippen LogP contribution in [0.4, 0.5) is 19.1 Å². The highest BCUT2D eigenvalue weighted by atomic mass is 19.4. The van der Waals surface area contributed by atoms with Gasteiger partial charge < -0.3 is 9.64 Å². The molecule has 2 aliphatic heterocycles. The summed E-state index contributed by atoms with van der Waals surface area (Å²) in [5.74, 6) is 0.117. The normalized spacial score (nSPS) is 27.7. The molecule has 110 valence electrons. The Morgan fingerprint density at radius 3 is 2.85 bits per heavy atom. The average molecular weight is 288 g/mol. The van der Waals surface area contributed by atoms with E-state index < -0.39 is 11.9 Å². The summed E-state index contributed by atoms with van der Waals surface area (Å²) in [6, 6.07) is 1.07. The number of morpholine rings is 1. The number of fused-ring (bicyclic) bond motifs is 1. The minimum atomic E-state index is -4.45. The molecule has 1 aromatic rings. The summed E-state index contributed by atoms with van der Waals surface area (Å²) in [7, 11) is 2.00. The van der Waals surface area contributed by atoms with E-state index in [1.54, 1.807) is 4.90 Å². The van der Waals surface area contributed by atoms with Crippen LogP contribution >= 0.6 is 0 Å². The molecule has 0 aromatic carbocycles. The Bertz CT molecular complexity index is 496. The second-order valence-electron chi connectivity index (χ2n) is 5.10. The maximum atomic E-state index is 12.7. The SMILES string of the molecule is CN1CCOC2CN(c3nccc(C(F)(F)F)n3)CC21.